The predicted octanol–water partition coefficient (Wildman–Crippen LogP) is 5.29. The van der Waals surface area contributed by atoms with Crippen molar-refractivity contribution in [1.29, 1.82) is 0 Å². The molecule has 0 bridgehead atoms. The van der Waals surface area contributed by atoms with Crippen molar-refractivity contribution in [2.24, 2.45) is 5.92 Å². The van der Waals surface area contributed by atoms with E-state index in [0.717, 1.165) is 16.5 Å². The zero-order valence-electron chi connectivity index (χ0n) is 20.3. The van der Waals surface area contributed by atoms with Crippen LogP contribution in [0.1, 0.15) is 65.9 Å². The van der Waals surface area contributed by atoms with E-state index in [4.69, 9.17) is 13.9 Å². The average molecular weight is 458 g/mol. The Morgan fingerprint density at radius 3 is 2.61 bits per heavy atom. The number of benzene rings is 1. The summed E-state index contributed by atoms with van der Waals surface area (Å²) in [6, 6.07) is 7.83. The number of furan rings is 1. The molecule has 1 aliphatic heterocycles. The summed E-state index contributed by atoms with van der Waals surface area (Å²) in [5.74, 6) is -0.601. The summed E-state index contributed by atoms with van der Waals surface area (Å²) in [4.78, 5) is 39.8. The lowest BCUT2D eigenvalue weighted by molar-refractivity contribution is -0.144. The molecule has 0 radical (unpaired) electrons. The van der Waals surface area contributed by atoms with Gasteiger partial charge in [-0.3, -0.25) is 14.5 Å². The molecule has 3 rings (SSSR count). The number of ether oxygens (including phenoxy) is 2. The first-order chi connectivity index (χ1) is 15.5. The van der Waals surface area contributed by atoms with E-state index in [2.05, 4.69) is 0 Å². The Labute approximate surface area is 195 Å². The van der Waals surface area contributed by atoms with Crippen molar-refractivity contribution < 1.29 is 28.3 Å². The molecular formula is C26H35NO6. The van der Waals surface area contributed by atoms with Crippen molar-refractivity contribution in [1.82, 2.24) is 4.90 Å². The van der Waals surface area contributed by atoms with E-state index in [1.54, 1.807) is 13.2 Å². The van der Waals surface area contributed by atoms with Crippen LogP contribution in [0, 0.1) is 5.92 Å². The zero-order valence-corrected chi connectivity index (χ0v) is 20.3. The van der Waals surface area contributed by atoms with Crippen molar-refractivity contribution in [3.05, 3.63) is 36.1 Å². The summed E-state index contributed by atoms with van der Waals surface area (Å²) >= 11 is 0. The van der Waals surface area contributed by atoms with Gasteiger partial charge in [0.25, 0.3) is 0 Å². The number of hydrogen-bond donors (Lipinski definition) is 0. The van der Waals surface area contributed by atoms with Gasteiger partial charge >= 0.3 is 12.1 Å². The third-order valence-corrected chi connectivity index (χ3v) is 6.17. The van der Waals surface area contributed by atoms with Crippen LogP contribution < -0.4 is 0 Å². The van der Waals surface area contributed by atoms with Gasteiger partial charge in [-0.1, -0.05) is 12.1 Å². The molecule has 2 aromatic rings. The van der Waals surface area contributed by atoms with Crippen molar-refractivity contribution in [3.63, 3.8) is 0 Å². The number of amides is 1. The van der Waals surface area contributed by atoms with Crippen molar-refractivity contribution in [2.75, 3.05) is 13.2 Å². The van der Waals surface area contributed by atoms with Gasteiger partial charge in [-0.15, -0.1) is 0 Å². The molecule has 2 unspecified atom stereocenters. The highest BCUT2D eigenvalue weighted by Gasteiger charge is 2.52. The summed E-state index contributed by atoms with van der Waals surface area (Å²) < 4.78 is 16.1. The summed E-state index contributed by atoms with van der Waals surface area (Å²) in [6.07, 6.45) is 3.62. The molecule has 7 nitrogen and oxygen atoms in total. The first-order valence-electron chi connectivity index (χ1n) is 11.7. The molecule has 0 spiro atoms. The molecule has 7 heteroatoms. The standard InChI is InChI=1S/C26H35NO6/c1-6-31-22(28)9-7-8-20(16-18-10-11-19-12-15-32-21(19)17-18)23(29)26(5)13-14-27(26)24(30)33-25(2,3)4/h10-12,15,17,20H,6-9,13-14,16H2,1-5H3. The molecule has 2 heterocycles. The van der Waals surface area contributed by atoms with Crippen molar-refractivity contribution in [2.45, 2.75) is 77.9 Å². The van der Waals surface area contributed by atoms with Gasteiger partial charge in [0.2, 0.25) is 0 Å². The SMILES string of the molecule is CCOC(=O)CCCC(Cc1ccc2ccoc2c1)C(=O)C1(C)CCN1C(=O)OC(C)(C)C. The number of hydrogen-bond acceptors (Lipinski definition) is 6. The zero-order chi connectivity index (χ0) is 24.2. The lowest BCUT2D eigenvalue weighted by Crippen LogP contribution is -2.66. The summed E-state index contributed by atoms with van der Waals surface area (Å²) in [7, 11) is 0. The Morgan fingerprint density at radius 1 is 1.21 bits per heavy atom. The van der Waals surface area contributed by atoms with Crippen LogP contribution in [0.25, 0.3) is 11.0 Å². The van der Waals surface area contributed by atoms with E-state index in [0.29, 0.717) is 38.8 Å². The van der Waals surface area contributed by atoms with Crippen LogP contribution in [-0.2, 0) is 25.5 Å². The number of Topliss-reactive ketones (excluding diaryl/α,β-unsaturated/α-hetero) is 1. The molecule has 33 heavy (non-hydrogen) atoms. The fourth-order valence-electron chi connectivity index (χ4n) is 4.33. The number of esters is 1. The molecule has 0 N–H and O–H groups in total. The van der Waals surface area contributed by atoms with Gasteiger partial charge in [0, 0.05) is 24.3 Å². The van der Waals surface area contributed by atoms with Crippen LogP contribution in [0.15, 0.2) is 34.9 Å². The fourth-order valence-corrected chi connectivity index (χ4v) is 4.33. The van der Waals surface area contributed by atoms with Gasteiger partial charge in [0.05, 0.1) is 12.9 Å². The molecular weight excluding hydrogens is 422 g/mol. The Kier molecular flexibility index (Phi) is 7.50. The minimum absolute atomic E-state index is 0.00279. The number of carbonyl (C=O) groups excluding carboxylic acids is 3. The molecule has 0 saturated carbocycles. The van der Waals surface area contributed by atoms with Gasteiger partial charge in [0.1, 0.15) is 16.7 Å². The van der Waals surface area contributed by atoms with Crippen LogP contribution >= 0.6 is 0 Å². The molecule has 1 fully saturated rings. The van der Waals surface area contributed by atoms with Crippen LogP contribution in [0.5, 0.6) is 0 Å². The third-order valence-electron chi connectivity index (χ3n) is 6.17. The molecule has 1 saturated heterocycles. The van der Waals surface area contributed by atoms with Gasteiger partial charge < -0.3 is 13.9 Å². The minimum atomic E-state index is -0.911. The van der Waals surface area contributed by atoms with Crippen molar-refractivity contribution in [3.8, 4) is 0 Å². The molecule has 1 amide bonds. The maximum absolute atomic E-state index is 13.8. The quantitative estimate of drug-likeness (QED) is 0.475. The average Bonchev–Trinajstić information content (AvgIpc) is 3.17. The topological polar surface area (TPSA) is 86.0 Å². The second kappa shape index (κ2) is 9.98. The van der Waals surface area contributed by atoms with E-state index >= 15 is 0 Å². The van der Waals surface area contributed by atoms with Crippen molar-refractivity contribution >= 4 is 28.8 Å². The number of likely N-dealkylation sites (tertiary alicyclic amines) is 1. The van der Waals surface area contributed by atoms with Gasteiger partial charge in [0.15, 0.2) is 5.78 Å². The summed E-state index contributed by atoms with van der Waals surface area (Å²) in [5.41, 5.74) is 0.217. The molecule has 1 aromatic heterocycles. The third kappa shape index (κ3) is 5.95. The highest BCUT2D eigenvalue weighted by atomic mass is 16.6. The Bertz CT molecular complexity index is 1000. The first-order valence-corrected chi connectivity index (χ1v) is 11.7. The molecule has 1 aliphatic rings. The molecule has 0 aliphatic carbocycles. The molecule has 2 atom stereocenters. The highest BCUT2D eigenvalue weighted by Crippen LogP contribution is 2.37. The lowest BCUT2D eigenvalue weighted by Gasteiger charge is -2.50. The molecule has 1 aromatic carbocycles. The maximum Gasteiger partial charge on any atom is 0.411 e. The second-order valence-electron chi connectivity index (χ2n) is 9.91. The number of fused-ring (bicyclic) bond motifs is 1. The summed E-state index contributed by atoms with van der Waals surface area (Å²) in [6.45, 7) is 9.86. The Hall–Kier alpha value is -2.83. The summed E-state index contributed by atoms with van der Waals surface area (Å²) in [5, 5.41) is 1.01. The normalized spacial score (nSPS) is 19.1. The van der Waals surface area contributed by atoms with Gasteiger partial charge in [-0.25, -0.2) is 4.79 Å². The maximum atomic E-state index is 13.8. The van der Waals surface area contributed by atoms with Gasteiger partial charge in [-0.2, -0.15) is 0 Å². The Balaban J connectivity index is 1.77. The smallest absolute Gasteiger partial charge is 0.411 e. The fraction of sp³-hybridized carbons (Fsp3) is 0.577. The molecule has 180 valence electrons. The van der Waals surface area contributed by atoms with Crippen LogP contribution in [0.3, 0.4) is 0 Å². The number of nitrogens with zero attached hydrogens (tertiary/aromatic N) is 1. The highest BCUT2D eigenvalue weighted by molar-refractivity contribution is 5.94. The first kappa shape index (κ1) is 24.8. The van der Waals surface area contributed by atoms with E-state index in [-0.39, 0.29) is 24.1 Å². The van der Waals surface area contributed by atoms with E-state index < -0.39 is 17.2 Å². The predicted molar refractivity (Wildman–Crippen MR) is 125 cm³/mol. The Morgan fingerprint density at radius 2 is 1.97 bits per heavy atom. The minimum Gasteiger partial charge on any atom is -0.466 e. The second-order valence-corrected chi connectivity index (χ2v) is 9.91. The van der Waals surface area contributed by atoms with Crippen LogP contribution in [0.4, 0.5) is 4.79 Å². The number of carbonyl (C=O) groups is 3. The van der Waals surface area contributed by atoms with Crippen LogP contribution in [0.2, 0.25) is 0 Å². The number of ketones is 1. The lowest BCUT2D eigenvalue weighted by atomic mass is 9.74. The van der Waals surface area contributed by atoms with Gasteiger partial charge in [-0.05, 0) is 78.0 Å². The largest absolute Gasteiger partial charge is 0.466 e. The van der Waals surface area contributed by atoms with E-state index in [9.17, 15) is 14.4 Å². The van der Waals surface area contributed by atoms with E-state index in [1.165, 1.54) is 4.90 Å². The van der Waals surface area contributed by atoms with Crippen LogP contribution in [-0.4, -0.2) is 47.0 Å². The van der Waals surface area contributed by atoms with E-state index in [1.807, 2.05) is 52.0 Å². The monoisotopic (exact) mass is 457 g/mol. The number of rotatable bonds is 9.